The van der Waals surface area contributed by atoms with Crippen LogP contribution in [-0.4, -0.2) is 22.4 Å². The van der Waals surface area contributed by atoms with Crippen LogP contribution < -0.4 is 15.4 Å². The summed E-state index contributed by atoms with van der Waals surface area (Å²) >= 11 is 6.41. The zero-order valence-corrected chi connectivity index (χ0v) is 17.9. The molecule has 0 saturated carbocycles. The molecule has 2 N–H and O–H groups in total. The molecule has 4 rings (SSSR count). The van der Waals surface area contributed by atoms with Crippen molar-refractivity contribution in [1.29, 1.82) is 0 Å². The monoisotopic (exact) mass is 444 g/mol. The van der Waals surface area contributed by atoms with Crippen LogP contribution in [0.25, 0.3) is 0 Å². The zero-order chi connectivity index (χ0) is 22.2. The van der Waals surface area contributed by atoms with Crippen LogP contribution in [-0.2, 0) is 0 Å². The van der Waals surface area contributed by atoms with Crippen molar-refractivity contribution < 1.29 is 9.53 Å². The van der Waals surface area contributed by atoms with Gasteiger partial charge < -0.3 is 15.4 Å². The van der Waals surface area contributed by atoms with Gasteiger partial charge in [-0.15, -0.1) is 11.6 Å². The minimum Gasteiger partial charge on any atom is -0.438 e. The van der Waals surface area contributed by atoms with Gasteiger partial charge in [0.05, 0.1) is 5.38 Å². The Kier molecular flexibility index (Phi) is 6.94. The van der Waals surface area contributed by atoms with E-state index in [0.29, 0.717) is 11.3 Å². The molecule has 0 bridgehead atoms. The van der Waals surface area contributed by atoms with Gasteiger partial charge in [0.25, 0.3) is 5.91 Å². The first-order chi connectivity index (χ1) is 15.7. The molecule has 0 radical (unpaired) electrons. The topological polar surface area (TPSA) is 76.1 Å². The average Bonchev–Trinajstić information content (AvgIpc) is 2.85. The molecule has 1 unspecified atom stereocenters. The van der Waals surface area contributed by atoms with Crippen molar-refractivity contribution in [1.82, 2.24) is 15.3 Å². The SMILES string of the molecule is O=C(NCC(Cl)c1ccccc1)c1cccnc1Oc1ccc(Nc2ccccn2)cc1. The number of nitrogens with one attached hydrogen (secondary N) is 2. The Morgan fingerprint density at radius 1 is 0.875 bits per heavy atom. The minimum absolute atomic E-state index is 0.223. The number of aromatic nitrogens is 2. The first-order valence-electron chi connectivity index (χ1n) is 10.1. The van der Waals surface area contributed by atoms with Gasteiger partial charge >= 0.3 is 0 Å². The van der Waals surface area contributed by atoms with Gasteiger partial charge in [0, 0.05) is 24.6 Å². The number of halogens is 1. The molecule has 0 aliphatic heterocycles. The third kappa shape index (κ3) is 5.62. The predicted molar refractivity (Wildman–Crippen MR) is 126 cm³/mol. The van der Waals surface area contributed by atoms with E-state index >= 15 is 0 Å². The second-order valence-electron chi connectivity index (χ2n) is 6.91. The van der Waals surface area contributed by atoms with Crippen LogP contribution >= 0.6 is 11.6 Å². The molecular formula is C25H21ClN4O2. The highest BCUT2D eigenvalue weighted by molar-refractivity contribution is 6.21. The van der Waals surface area contributed by atoms with Crippen molar-refractivity contribution in [2.24, 2.45) is 0 Å². The van der Waals surface area contributed by atoms with E-state index in [-0.39, 0.29) is 23.7 Å². The number of pyridine rings is 2. The van der Waals surface area contributed by atoms with Crippen molar-refractivity contribution in [2.75, 3.05) is 11.9 Å². The van der Waals surface area contributed by atoms with Gasteiger partial charge in [0.2, 0.25) is 5.88 Å². The summed E-state index contributed by atoms with van der Waals surface area (Å²) in [5.41, 5.74) is 2.14. The van der Waals surface area contributed by atoms with Gasteiger partial charge in [-0.1, -0.05) is 36.4 Å². The third-order valence-corrected chi connectivity index (χ3v) is 5.03. The number of rotatable bonds is 8. The number of ether oxygens (including phenoxy) is 1. The second kappa shape index (κ2) is 10.4. The summed E-state index contributed by atoms with van der Waals surface area (Å²) in [6, 6.07) is 25.9. The number of anilines is 2. The van der Waals surface area contributed by atoms with E-state index in [4.69, 9.17) is 16.3 Å². The molecular weight excluding hydrogens is 424 g/mol. The van der Waals surface area contributed by atoms with Gasteiger partial charge in [-0.3, -0.25) is 4.79 Å². The van der Waals surface area contributed by atoms with Gasteiger partial charge in [-0.2, -0.15) is 0 Å². The average molecular weight is 445 g/mol. The number of nitrogens with zero attached hydrogens (tertiary/aromatic N) is 2. The molecule has 1 atom stereocenters. The lowest BCUT2D eigenvalue weighted by atomic mass is 10.1. The van der Waals surface area contributed by atoms with Crippen LogP contribution in [0.1, 0.15) is 21.3 Å². The lowest BCUT2D eigenvalue weighted by Gasteiger charge is -2.13. The maximum Gasteiger partial charge on any atom is 0.256 e. The number of amides is 1. The molecule has 2 aromatic heterocycles. The number of hydrogen-bond donors (Lipinski definition) is 2. The Morgan fingerprint density at radius 3 is 2.38 bits per heavy atom. The van der Waals surface area contributed by atoms with Crippen LogP contribution in [0.4, 0.5) is 11.5 Å². The smallest absolute Gasteiger partial charge is 0.256 e. The fraction of sp³-hybridized carbons (Fsp3) is 0.0800. The summed E-state index contributed by atoms with van der Waals surface area (Å²) in [6.45, 7) is 0.284. The van der Waals surface area contributed by atoms with Crippen molar-refractivity contribution in [3.8, 4) is 11.6 Å². The number of hydrogen-bond acceptors (Lipinski definition) is 5. The maximum atomic E-state index is 12.7. The Hall–Kier alpha value is -3.90. The lowest BCUT2D eigenvalue weighted by molar-refractivity contribution is 0.0950. The Balaban J connectivity index is 1.40. The van der Waals surface area contributed by atoms with Crippen LogP contribution in [0, 0.1) is 0 Å². The summed E-state index contributed by atoms with van der Waals surface area (Å²) in [5, 5.41) is 5.73. The summed E-state index contributed by atoms with van der Waals surface area (Å²) in [7, 11) is 0. The van der Waals surface area contributed by atoms with Gasteiger partial charge in [0.15, 0.2) is 0 Å². The van der Waals surface area contributed by atoms with Crippen LogP contribution in [0.2, 0.25) is 0 Å². The molecule has 2 aromatic carbocycles. The molecule has 4 aromatic rings. The number of carbonyl (C=O) groups excluding carboxylic acids is 1. The largest absolute Gasteiger partial charge is 0.438 e. The standard InChI is InChI=1S/C25H21ClN4O2/c26-22(18-7-2-1-3-8-18)17-29-24(31)21-9-6-16-28-25(21)32-20-13-11-19(12-14-20)30-23-10-4-5-15-27-23/h1-16,22H,17H2,(H,27,30)(H,29,31). The Labute approximate surface area is 191 Å². The number of benzene rings is 2. The second-order valence-corrected chi connectivity index (χ2v) is 7.44. The van der Waals surface area contributed by atoms with Crippen LogP contribution in [0.15, 0.2) is 97.3 Å². The van der Waals surface area contributed by atoms with E-state index in [1.807, 2.05) is 60.7 Å². The highest BCUT2D eigenvalue weighted by Gasteiger charge is 2.16. The summed E-state index contributed by atoms with van der Waals surface area (Å²) in [5.74, 6) is 1.23. The molecule has 0 saturated heterocycles. The van der Waals surface area contributed by atoms with Crippen LogP contribution in [0.5, 0.6) is 11.6 Å². The fourth-order valence-electron chi connectivity index (χ4n) is 3.00. The number of carbonyl (C=O) groups is 1. The molecule has 160 valence electrons. The highest BCUT2D eigenvalue weighted by atomic mass is 35.5. The Morgan fingerprint density at radius 2 is 1.62 bits per heavy atom. The van der Waals surface area contributed by atoms with Crippen LogP contribution in [0.3, 0.4) is 0 Å². The molecule has 0 spiro atoms. The maximum absolute atomic E-state index is 12.7. The molecule has 1 amide bonds. The molecule has 7 heteroatoms. The first-order valence-corrected chi connectivity index (χ1v) is 10.5. The zero-order valence-electron chi connectivity index (χ0n) is 17.1. The lowest BCUT2D eigenvalue weighted by Crippen LogP contribution is -2.27. The number of alkyl halides is 1. The first kappa shape index (κ1) is 21.3. The van der Waals surface area contributed by atoms with E-state index in [0.717, 1.165) is 17.1 Å². The quantitative estimate of drug-likeness (QED) is 0.340. The van der Waals surface area contributed by atoms with Crippen molar-refractivity contribution in [3.63, 3.8) is 0 Å². The van der Waals surface area contributed by atoms with Gasteiger partial charge in [-0.25, -0.2) is 9.97 Å². The van der Waals surface area contributed by atoms with Gasteiger partial charge in [0.1, 0.15) is 17.1 Å². The molecule has 0 aliphatic carbocycles. The molecule has 0 fully saturated rings. The predicted octanol–water partition coefficient (Wildman–Crippen LogP) is 5.72. The molecule has 0 aliphatic rings. The fourth-order valence-corrected chi connectivity index (χ4v) is 3.23. The molecule has 2 heterocycles. The molecule has 6 nitrogen and oxygen atoms in total. The normalized spacial score (nSPS) is 11.4. The summed E-state index contributed by atoms with van der Waals surface area (Å²) in [4.78, 5) is 21.2. The van der Waals surface area contributed by atoms with Gasteiger partial charge in [-0.05, 0) is 54.1 Å². The van der Waals surface area contributed by atoms with Crippen molar-refractivity contribution in [3.05, 3.63) is 108 Å². The van der Waals surface area contributed by atoms with Crippen molar-refractivity contribution in [2.45, 2.75) is 5.38 Å². The van der Waals surface area contributed by atoms with E-state index in [2.05, 4.69) is 20.6 Å². The van der Waals surface area contributed by atoms with E-state index in [1.165, 1.54) is 0 Å². The highest BCUT2D eigenvalue weighted by Crippen LogP contribution is 2.26. The van der Waals surface area contributed by atoms with E-state index < -0.39 is 0 Å². The third-order valence-electron chi connectivity index (χ3n) is 4.63. The summed E-state index contributed by atoms with van der Waals surface area (Å²) in [6.07, 6.45) is 3.30. The van der Waals surface area contributed by atoms with E-state index in [1.54, 1.807) is 36.7 Å². The minimum atomic E-state index is -0.333. The van der Waals surface area contributed by atoms with Crippen molar-refractivity contribution >= 4 is 29.0 Å². The Bertz CT molecular complexity index is 1160. The van der Waals surface area contributed by atoms with E-state index in [9.17, 15) is 4.79 Å². The molecule has 32 heavy (non-hydrogen) atoms. The summed E-state index contributed by atoms with van der Waals surface area (Å²) < 4.78 is 5.88.